The summed E-state index contributed by atoms with van der Waals surface area (Å²) in [5.41, 5.74) is -0.813. The molecule has 2 rings (SSSR count). The summed E-state index contributed by atoms with van der Waals surface area (Å²) in [6.07, 6.45) is 1.50. The van der Waals surface area contributed by atoms with Gasteiger partial charge in [0.15, 0.2) is 11.6 Å². The molecule has 622 valence electrons. The van der Waals surface area contributed by atoms with E-state index in [0.29, 0.717) is 31.7 Å². The second-order valence-corrected chi connectivity index (χ2v) is 27.7. The lowest BCUT2D eigenvalue weighted by molar-refractivity contribution is -0.193. The molecule has 0 aromatic carbocycles. The van der Waals surface area contributed by atoms with Gasteiger partial charge in [-0.15, -0.1) is 0 Å². The number of hydrogen-bond acceptors (Lipinski definition) is 33. The molecule has 0 atom stereocenters. The molecule has 38 nitrogen and oxygen atoms in total. The summed E-state index contributed by atoms with van der Waals surface area (Å²) in [5.74, 6) is -2.90. The Hall–Kier alpha value is -7.59. The number of Topliss-reactive ketones (excluding diaryl/α,β-unsaturated/α-hetero) is 2. The van der Waals surface area contributed by atoms with E-state index in [1.54, 1.807) is 4.90 Å². The molecule has 0 saturated carbocycles. The van der Waals surface area contributed by atoms with Gasteiger partial charge in [0.05, 0.1) is 72.5 Å². The summed E-state index contributed by atoms with van der Waals surface area (Å²) in [4.78, 5) is 206. The van der Waals surface area contributed by atoms with Crippen molar-refractivity contribution in [2.75, 3.05) is 252 Å². The van der Waals surface area contributed by atoms with Gasteiger partial charge in [-0.05, 0) is 73.8 Å². The van der Waals surface area contributed by atoms with Crippen LogP contribution in [0.1, 0.15) is 97.4 Å². The van der Waals surface area contributed by atoms with Gasteiger partial charge in [-0.3, -0.25) is 77.7 Å². The molecule has 38 heteroatoms. The number of carboxylic acid groups (broad SMARTS) is 5. The minimum absolute atomic E-state index is 0. The monoisotopic (exact) mass is 1540 g/mol. The number of nitrogens with zero attached hydrogens (tertiary/aromatic N) is 14. The van der Waals surface area contributed by atoms with Crippen LogP contribution in [-0.4, -0.2) is 425 Å². The Morgan fingerprint density at radius 1 is 0.346 bits per heavy atom. The molecule has 0 radical (unpaired) electrons. The highest BCUT2D eigenvalue weighted by molar-refractivity contribution is 5.86. The zero-order chi connectivity index (χ0) is 84.1. The van der Waals surface area contributed by atoms with E-state index in [-0.39, 0.29) is 107 Å². The molecule has 0 amide bonds. The number of hydrogen-bond donors (Lipinski definition) is 5. The van der Waals surface area contributed by atoms with Crippen LogP contribution in [0.15, 0.2) is 0 Å². The average molecular weight is 1540 g/mol. The van der Waals surface area contributed by atoms with Crippen LogP contribution in [0.25, 0.3) is 0 Å². The fourth-order valence-corrected chi connectivity index (χ4v) is 9.52. The van der Waals surface area contributed by atoms with Crippen LogP contribution in [-0.2, 0) is 91.1 Å². The van der Waals surface area contributed by atoms with Crippen molar-refractivity contribution in [1.29, 1.82) is 0 Å². The number of rotatable bonds is 29. The Bertz CT molecular complexity index is 2420. The summed E-state index contributed by atoms with van der Waals surface area (Å²) in [6.45, 7) is 48.3. The van der Waals surface area contributed by atoms with Gasteiger partial charge in [0, 0.05) is 129 Å². The summed E-state index contributed by atoms with van der Waals surface area (Å²) in [6, 6.07) is 0. The smallest absolute Gasteiger partial charge is 0.373 e. The van der Waals surface area contributed by atoms with E-state index >= 15 is 0 Å². The number of carbonyl (C=O) groups excluding carboxylic acids is 14. The first-order valence-corrected chi connectivity index (χ1v) is 34.3. The van der Waals surface area contributed by atoms with E-state index in [9.17, 15) is 33.6 Å². The summed E-state index contributed by atoms with van der Waals surface area (Å²) >= 11 is 0. The zero-order valence-electron chi connectivity index (χ0n) is 66.5. The van der Waals surface area contributed by atoms with Gasteiger partial charge < -0.3 is 50.0 Å². The lowest BCUT2D eigenvalue weighted by Gasteiger charge is -2.33. The molecule has 5 N–H and O–H groups in total. The quantitative estimate of drug-likeness (QED) is 0.0559. The minimum atomic E-state index is -1.10. The van der Waals surface area contributed by atoms with Gasteiger partial charge in [-0.1, -0.05) is 97.4 Å². The van der Waals surface area contributed by atoms with E-state index < -0.39 is 35.3 Å². The molecule has 2 aliphatic heterocycles. The standard InChI is InChI=1S/C19H38N4O3.C17H36N4O2.C14H27N3O5.C12H27N3O2.6CO2.CH4/c1-6-21-11-13-22(15-17(24)19(2,3)4)9-7-20(5)8-10-23(14-12-21)16-18(25)26;1-5-19-10-12-20(14-16(2)3)8-6-18(4)7-9-21(13-11-19)15-17(22)23;1-14(2,3)11(18)6-17(9-15(4)5)10-16(7-12(19)20)8-13(21)22;1-6-14(8-12(16)17)10-15(7-11(2)3)9-13(4)5;6*2-1-3;/h6-16H2,1-5H3,(H,25,26);16H,5-15H2,1-4H3,(H,22,23);6-10H2,1-5H3,(H,19,20)(H,21,22);11H,6-10H2,1-5H3,(H,16,17);;;;;;;1H4. The maximum atomic E-state index is 12.5. The van der Waals surface area contributed by atoms with E-state index in [1.165, 1.54) is 4.90 Å². The Balaban J connectivity index is -0.000000159. The van der Waals surface area contributed by atoms with Crippen LogP contribution < -0.4 is 0 Å². The first-order valence-electron chi connectivity index (χ1n) is 34.3. The van der Waals surface area contributed by atoms with Crippen molar-refractivity contribution in [2.24, 2.45) is 22.7 Å². The second kappa shape index (κ2) is 75.2. The van der Waals surface area contributed by atoms with E-state index in [0.717, 1.165) is 144 Å². The van der Waals surface area contributed by atoms with Gasteiger partial charge in [0.1, 0.15) is 0 Å². The number of carbonyl (C=O) groups is 7. The second-order valence-electron chi connectivity index (χ2n) is 27.7. The largest absolute Gasteiger partial charge is 0.480 e. The Morgan fingerprint density at radius 2 is 0.607 bits per heavy atom. The fraction of sp³-hybridized carbons (Fsp3) is 0.812. The molecular weight excluding hydrogens is 1410 g/mol. The van der Waals surface area contributed by atoms with Crippen molar-refractivity contribution in [3.8, 4) is 0 Å². The molecule has 0 unspecified atom stereocenters. The first-order chi connectivity index (χ1) is 49.3. The normalized spacial score (nSPS) is 14.7. The van der Waals surface area contributed by atoms with E-state index in [1.807, 2.05) is 91.4 Å². The summed E-state index contributed by atoms with van der Waals surface area (Å²) in [5, 5.41) is 44.8. The van der Waals surface area contributed by atoms with Crippen LogP contribution in [0.4, 0.5) is 0 Å². The van der Waals surface area contributed by atoms with Crippen LogP contribution in [0.2, 0.25) is 0 Å². The van der Waals surface area contributed by atoms with Crippen LogP contribution >= 0.6 is 0 Å². The van der Waals surface area contributed by atoms with Gasteiger partial charge in [-0.2, -0.15) is 57.5 Å². The highest BCUT2D eigenvalue weighted by Gasteiger charge is 2.28. The molecule has 2 heterocycles. The topological polar surface area (TPSA) is 471 Å². The van der Waals surface area contributed by atoms with E-state index in [4.69, 9.17) is 83.1 Å². The van der Waals surface area contributed by atoms with Crippen molar-refractivity contribution in [3.05, 3.63) is 0 Å². The van der Waals surface area contributed by atoms with Crippen molar-refractivity contribution < 1.29 is 117 Å². The number of carboxylic acids is 5. The third kappa shape index (κ3) is 87.2. The molecule has 0 aromatic heterocycles. The molecule has 0 aliphatic carbocycles. The number of likely N-dealkylation sites (N-methyl/N-ethyl adjacent to an activating group) is 5. The van der Waals surface area contributed by atoms with Gasteiger partial charge in [0.25, 0.3) is 0 Å². The maximum absolute atomic E-state index is 12.5. The van der Waals surface area contributed by atoms with Crippen molar-refractivity contribution in [3.63, 3.8) is 0 Å². The third-order valence-electron chi connectivity index (χ3n) is 14.7. The molecule has 107 heavy (non-hydrogen) atoms. The zero-order valence-corrected chi connectivity index (χ0v) is 66.5. The Morgan fingerprint density at radius 3 is 0.869 bits per heavy atom. The predicted octanol–water partition coefficient (Wildman–Crippen LogP) is -1.03. The van der Waals surface area contributed by atoms with Crippen molar-refractivity contribution in [2.45, 2.75) is 97.4 Å². The number of ketones is 2. The van der Waals surface area contributed by atoms with Crippen molar-refractivity contribution >= 4 is 78.3 Å². The summed E-state index contributed by atoms with van der Waals surface area (Å²) < 4.78 is 0. The SMILES string of the molecule is C.CCN(CC(=O)O)CN(CC(C)C)CN(C)C.CCN1CCN(CC(=O)O)CCN(C)CCN(CC(=O)C(C)(C)C)CC1.CCN1CCN(CC(=O)O)CCN(C)CCN(CC(C)C)CC1.CN(C)CN(CC(=O)C(C)(C)C)CN(CC(=O)O)CC(=O)O.O=C=O.O=C=O.O=C=O.O=C=O.O=C=O.O=C=O. The molecule has 0 spiro atoms. The van der Waals surface area contributed by atoms with Gasteiger partial charge in [0.2, 0.25) is 0 Å². The molecular formula is C69H132N14O24. The number of aliphatic carboxylic acids is 5. The first kappa shape index (κ1) is 118. The lowest BCUT2D eigenvalue weighted by atomic mass is 9.90. The average Bonchev–Trinajstić information content (AvgIpc) is 0.891. The summed E-state index contributed by atoms with van der Waals surface area (Å²) in [7, 11) is 11.9. The lowest BCUT2D eigenvalue weighted by Crippen LogP contribution is -2.48. The van der Waals surface area contributed by atoms with Crippen LogP contribution in [0.3, 0.4) is 0 Å². The van der Waals surface area contributed by atoms with Gasteiger partial charge in [-0.25, -0.2) is 0 Å². The molecule has 0 bridgehead atoms. The minimum Gasteiger partial charge on any atom is -0.480 e. The predicted molar refractivity (Wildman–Crippen MR) is 388 cm³/mol. The third-order valence-corrected chi connectivity index (χ3v) is 14.7. The van der Waals surface area contributed by atoms with E-state index in [2.05, 4.69) is 99.7 Å². The molecule has 2 saturated heterocycles. The van der Waals surface area contributed by atoms with Crippen LogP contribution in [0, 0.1) is 22.7 Å². The van der Waals surface area contributed by atoms with Crippen LogP contribution in [0.5, 0.6) is 0 Å². The fourth-order valence-electron chi connectivity index (χ4n) is 9.52. The highest BCUT2D eigenvalue weighted by Crippen LogP contribution is 2.17. The van der Waals surface area contributed by atoms with Gasteiger partial charge >= 0.3 is 66.8 Å². The Kier molecular flexibility index (Phi) is 82.8. The van der Waals surface area contributed by atoms with Crippen molar-refractivity contribution in [1.82, 2.24) is 68.6 Å². The molecule has 2 aliphatic rings. The highest BCUT2D eigenvalue weighted by atomic mass is 16.4. The Labute approximate surface area is 633 Å². The molecule has 2 fully saturated rings. The molecule has 0 aromatic rings. The maximum Gasteiger partial charge on any atom is 0.373 e.